The minimum atomic E-state index is -1.03. The molecule has 0 radical (unpaired) electrons. The summed E-state index contributed by atoms with van der Waals surface area (Å²) < 4.78 is 0. The quantitative estimate of drug-likeness (QED) is 0.418. The van der Waals surface area contributed by atoms with Crippen molar-refractivity contribution in [2.45, 2.75) is 12.5 Å². The van der Waals surface area contributed by atoms with Crippen molar-refractivity contribution >= 4 is 40.6 Å². The molecule has 3 aromatic rings. The minimum Gasteiger partial charge on any atom is -0.480 e. The fourth-order valence-electron chi connectivity index (χ4n) is 3.55. The van der Waals surface area contributed by atoms with Crippen molar-refractivity contribution < 1.29 is 19.5 Å². The summed E-state index contributed by atoms with van der Waals surface area (Å²) in [6.45, 7) is 0. The largest absolute Gasteiger partial charge is 0.480 e. The maximum absolute atomic E-state index is 12.9. The molecule has 0 saturated carbocycles. The van der Waals surface area contributed by atoms with Crippen molar-refractivity contribution in [3.8, 4) is 0 Å². The number of nitrogens with one attached hydrogen (secondary N) is 2. The van der Waals surface area contributed by atoms with Crippen LogP contribution in [0.2, 0.25) is 0 Å². The number of carboxylic acid groups (broad SMARTS) is 1. The van der Waals surface area contributed by atoms with Crippen LogP contribution in [0.3, 0.4) is 0 Å². The number of carbonyl (C=O) groups excluding carboxylic acids is 2. The number of rotatable bonds is 5. The van der Waals surface area contributed by atoms with Crippen LogP contribution in [0.15, 0.2) is 72.8 Å². The topological polar surface area (TPSA) is 95.5 Å². The van der Waals surface area contributed by atoms with Gasteiger partial charge in [-0.25, -0.2) is 4.79 Å². The fraction of sp³-hybridized carbons (Fsp3) is 0.0833. The molecule has 0 aliphatic heterocycles. The molecule has 31 heavy (non-hydrogen) atoms. The Morgan fingerprint density at radius 3 is 2.06 bits per heavy atom. The first kappa shape index (κ1) is 20.4. The minimum absolute atomic E-state index is 0.110. The Hall–Kier alpha value is -3.84. The molecule has 0 fully saturated rings. The van der Waals surface area contributed by atoms with E-state index in [9.17, 15) is 19.5 Å². The molecule has 0 spiro atoms. The zero-order valence-corrected chi connectivity index (χ0v) is 17.1. The lowest BCUT2D eigenvalue weighted by Crippen LogP contribution is -2.44. The summed E-state index contributed by atoms with van der Waals surface area (Å²) in [5.74, 6) is -1.47. The highest BCUT2D eigenvalue weighted by atomic mass is 32.1. The molecular weight excluding hydrogens is 412 g/mol. The van der Waals surface area contributed by atoms with E-state index in [0.29, 0.717) is 22.4 Å². The molecule has 0 amide bonds. The van der Waals surface area contributed by atoms with Crippen LogP contribution in [0.25, 0.3) is 0 Å². The lowest BCUT2D eigenvalue weighted by atomic mass is 9.84. The van der Waals surface area contributed by atoms with Crippen molar-refractivity contribution in [2.75, 3.05) is 5.32 Å². The molecule has 1 unspecified atom stereocenters. The van der Waals surface area contributed by atoms with Gasteiger partial charge in [-0.2, -0.15) is 0 Å². The zero-order valence-electron chi connectivity index (χ0n) is 16.3. The number of thiocarbonyl (C=S) groups is 1. The number of anilines is 1. The van der Waals surface area contributed by atoms with Gasteiger partial charge in [0.15, 0.2) is 16.7 Å². The molecule has 0 aromatic heterocycles. The number of carboxylic acids is 1. The highest BCUT2D eigenvalue weighted by Crippen LogP contribution is 2.29. The zero-order chi connectivity index (χ0) is 22.0. The van der Waals surface area contributed by atoms with E-state index in [4.69, 9.17) is 12.2 Å². The number of fused-ring (bicyclic) bond motifs is 2. The van der Waals surface area contributed by atoms with Gasteiger partial charge in [-0.1, -0.05) is 54.6 Å². The van der Waals surface area contributed by atoms with Crippen molar-refractivity contribution in [1.29, 1.82) is 0 Å². The molecule has 6 nitrogen and oxygen atoms in total. The lowest BCUT2D eigenvalue weighted by molar-refractivity contribution is -0.139. The summed E-state index contributed by atoms with van der Waals surface area (Å²) in [4.78, 5) is 37.2. The van der Waals surface area contributed by atoms with Crippen LogP contribution < -0.4 is 10.6 Å². The average Bonchev–Trinajstić information content (AvgIpc) is 2.77. The number of aliphatic carboxylic acids is 1. The van der Waals surface area contributed by atoms with Crippen LogP contribution in [0.5, 0.6) is 0 Å². The Morgan fingerprint density at radius 1 is 0.839 bits per heavy atom. The van der Waals surface area contributed by atoms with E-state index in [1.165, 1.54) is 0 Å². The van der Waals surface area contributed by atoms with Gasteiger partial charge in [0.05, 0.1) is 0 Å². The third kappa shape index (κ3) is 4.22. The number of hydrogen-bond acceptors (Lipinski definition) is 4. The van der Waals surface area contributed by atoms with E-state index < -0.39 is 12.0 Å². The second-order valence-corrected chi connectivity index (χ2v) is 7.55. The average molecular weight is 430 g/mol. The van der Waals surface area contributed by atoms with Crippen LogP contribution in [0, 0.1) is 0 Å². The van der Waals surface area contributed by atoms with Gasteiger partial charge < -0.3 is 15.7 Å². The second-order valence-electron chi connectivity index (χ2n) is 7.14. The lowest BCUT2D eigenvalue weighted by Gasteiger charge is -2.20. The molecule has 1 aliphatic rings. The highest BCUT2D eigenvalue weighted by Gasteiger charge is 2.29. The Morgan fingerprint density at radius 2 is 1.42 bits per heavy atom. The maximum Gasteiger partial charge on any atom is 0.326 e. The summed E-state index contributed by atoms with van der Waals surface area (Å²) in [7, 11) is 0. The predicted octanol–water partition coefficient (Wildman–Crippen LogP) is 3.44. The first-order valence-corrected chi connectivity index (χ1v) is 10.0. The Balaban J connectivity index is 1.51. The van der Waals surface area contributed by atoms with Crippen molar-refractivity contribution in [2.24, 2.45) is 0 Å². The summed E-state index contributed by atoms with van der Waals surface area (Å²) in [6, 6.07) is 19.8. The Labute approximate surface area is 183 Å². The van der Waals surface area contributed by atoms with Crippen molar-refractivity contribution in [3.63, 3.8) is 0 Å². The first-order valence-electron chi connectivity index (χ1n) is 9.61. The van der Waals surface area contributed by atoms with Crippen LogP contribution in [-0.4, -0.2) is 33.8 Å². The SMILES string of the molecule is O=C1c2ccccc2C(=O)c2cc(NC(=S)NC(Cc3ccccc3)C(=O)O)ccc21. The summed E-state index contributed by atoms with van der Waals surface area (Å²) in [6.07, 6.45) is 0.256. The summed E-state index contributed by atoms with van der Waals surface area (Å²) in [5, 5.41) is 15.4. The van der Waals surface area contributed by atoms with Gasteiger partial charge in [-0.15, -0.1) is 0 Å². The monoisotopic (exact) mass is 430 g/mol. The summed E-state index contributed by atoms with van der Waals surface area (Å²) >= 11 is 5.28. The Kier molecular flexibility index (Phi) is 5.60. The molecule has 0 saturated heterocycles. The van der Waals surface area contributed by atoms with Gasteiger partial charge in [0, 0.05) is 34.4 Å². The van der Waals surface area contributed by atoms with Gasteiger partial charge >= 0.3 is 5.97 Å². The molecule has 3 aromatic carbocycles. The summed E-state index contributed by atoms with van der Waals surface area (Å²) in [5.41, 5.74) is 2.73. The van der Waals surface area contributed by atoms with E-state index in [-0.39, 0.29) is 28.7 Å². The number of benzene rings is 3. The molecule has 1 atom stereocenters. The number of hydrogen-bond donors (Lipinski definition) is 3. The van der Waals surface area contributed by atoms with E-state index in [1.54, 1.807) is 42.5 Å². The van der Waals surface area contributed by atoms with Gasteiger partial charge in [0.1, 0.15) is 6.04 Å². The van der Waals surface area contributed by atoms with E-state index in [1.807, 2.05) is 30.3 Å². The molecule has 1 aliphatic carbocycles. The molecule has 7 heteroatoms. The van der Waals surface area contributed by atoms with E-state index >= 15 is 0 Å². The van der Waals surface area contributed by atoms with Crippen LogP contribution in [-0.2, 0) is 11.2 Å². The molecule has 0 bridgehead atoms. The maximum atomic E-state index is 12.9. The van der Waals surface area contributed by atoms with E-state index in [0.717, 1.165) is 5.56 Å². The van der Waals surface area contributed by atoms with Gasteiger partial charge in [-0.05, 0) is 36.0 Å². The highest BCUT2D eigenvalue weighted by molar-refractivity contribution is 7.80. The second kappa shape index (κ2) is 8.49. The smallest absolute Gasteiger partial charge is 0.326 e. The van der Waals surface area contributed by atoms with Crippen LogP contribution >= 0.6 is 12.2 Å². The van der Waals surface area contributed by atoms with Gasteiger partial charge in [0.2, 0.25) is 0 Å². The normalized spacial score (nSPS) is 13.0. The fourth-order valence-corrected chi connectivity index (χ4v) is 3.81. The Bertz CT molecular complexity index is 1210. The van der Waals surface area contributed by atoms with Crippen molar-refractivity contribution in [1.82, 2.24) is 5.32 Å². The predicted molar refractivity (Wildman–Crippen MR) is 121 cm³/mol. The van der Waals surface area contributed by atoms with Crippen LogP contribution in [0.4, 0.5) is 5.69 Å². The first-order chi connectivity index (χ1) is 14.9. The molecular formula is C24H18N2O4S. The standard InChI is InChI=1S/C24H18N2O4S/c27-21-16-8-4-5-9-17(16)22(28)19-13-15(10-11-18(19)21)25-24(31)26-20(23(29)30)12-14-6-2-1-3-7-14/h1-11,13,20H,12H2,(H,29,30)(H2,25,26,31). The molecule has 3 N–H and O–H groups in total. The van der Waals surface area contributed by atoms with Crippen LogP contribution in [0.1, 0.15) is 37.4 Å². The number of ketones is 2. The molecule has 4 rings (SSSR count). The van der Waals surface area contributed by atoms with Gasteiger partial charge in [0.25, 0.3) is 0 Å². The third-order valence-electron chi connectivity index (χ3n) is 5.07. The van der Waals surface area contributed by atoms with E-state index in [2.05, 4.69) is 10.6 Å². The number of carbonyl (C=O) groups is 3. The third-order valence-corrected chi connectivity index (χ3v) is 5.29. The molecule has 154 valence electrons. The van der Waals surface area contributed by atoms with Gasteiger partial charge in [-0.3, -0.25) is 9.59 Å². The van der Waals surface area contributed by atoms with Crippen molar-refractivity contribution in [3.05, 3.63) is 101 Å². The molecule has 0 heterocycles.